The summed E-state index contributed by atoms with van der Waals surface area (Å²) in [5.41, 5.74) is 2.04. The van der Waals surface area contributed by atoms with Crippen molar-refractivity contribution in [2.24, 2.45) is 0 Å². The predicted molar refractivity (Wildman–Crippen MR) is 86.3 cm³/mol. The minimum atomic E-state index is -0.608. The van der Waals surface area contributed by atoms with Crippen molar-refractivity contribution in [3.05, 3.63) is 71.0 Å². The van der Waals surface area contributed by atoms with Crippen LogP contribution < -0.4 is 0 Å². The van der Waals surface area contributed by atoms with Crippen molar-refractivity contribution in [2.75, 3.05) is 6.54 Å². The number of aliphatic hydroxyl groups excluding tert-OH is 1. The van der Waals surface area contributed by atoms with Crippen LogP contribution >= 0.6 is 0 Å². The first-order valence-electron chi connectivity index (χ1n) is 7.79. The van der Waals surface area contributed by atoms with Gasteiger partial charge in [-0.25, -0.2) is 4.39 Å². The van der Waals surface area contributed by atoms with Crippen molar-refractivity contribution in [3.8, 4) is 6.07 Å². The average molecular weight is 324 g/mol. The van der Waals surface area contributed by atoms with E-state index in [0.29, 0.717) is 17.5 Å². The standard InChI is InChI=1S/C19H17FN2O2/c20-16-3-1-2-15(9-16)18-10-17(23)12-22(18)19(24)8-13-4-6-14(11-21)7-5-13/h1-7,9,17-18,23H,8,10,12H2/t17-,18-/m1/s1. The summed E-state index contributed by atoms with van der Waals surface area (Å²) in [6.45, 7) is 0.246. The van der Waals surface area contributed by atoms with E-state index < -0.39 is 6.10 Å². The summed E-state index contributed by atoms with van der Waals surface area (Å²) in [5, 5.41) is 18.8. The Morgan fingerprint density at radius 1 is 1.29 bits per heavy atom. The molecule has 1 aliphatic rings. The van der Waals surface area contributed by atoms with Gasteiger partial charge in [-0.2, -0.15) is 5.26 Å². The first-order chi connectivity index (χ1) is 11.6. The van der Waals surface area contributed by atoms with E-state index in [1.54, 1.807) is 41.3 Å². The summed E-state index contributed by atoms with van der Waals surface area (Å²) in [4.78, 5) is 14.2. The predicted octanol–water partition coefficient (Wildman–Crippen LogP) is 2.57. The molecular formula is C19H17FN2O2. The Kier molecular flexibility index (Phi) is 4.59. The number of aliphatic hydroxyl groups is 1. The molecular weight excluding hydrogens is 307 g/mol. The van der Waals surface area contributed by atoms with E-state index in [2.05, 4.69) is 0 Å². The highest BCUT2D eigenvalue weighted by atomic mass is 19.1. The highest BCUT2D eigenvalue weighted by molar-refractivity contribution is 5.79. The zero-order valence-corrected chi connectivity index (χ0v) is 13.0. The van der Waals surface area contributed by atoms with Gasteiger partial charge in [0, 0.05) is 6.54 Å². The van der Waals surface area contributed by atoms with E-state index in [9.17, 15) is 14.3 Å². The molecule has 0 aliphatic carbocycles. The van der Waals surface area contributed by atoms with Crippen molar-refractivity contribution in [1.82, 2.24) is 4.90 Å². The summed E-state index contributed by atoms with van der Waals surface area (Å²) < 4.78 is 13.5. The maximum atomic E-state index is 13.5. The maximum absolute atomic E-state index is 13.5. The van der Waals surface area contributed by atoms with Gasteiger partial charge in [0.15, 0.2) is 0 Å². The molecule has 0 radical (unpaired) electrons. The number of benzene rings is 2. The lowest BCUT2D eigenvalue weighted by Gasteiger charge is -2.25. The molecule has 1 fully saturated rings. The Morgan fingerprint density at radius 2 is 2.04 bits per heavy atom. The highest BCUT2D eigenvalue weighted by Gasteiger charge is 2.35. The normalized spacial score (nSPS) is 20.0. The molecule has 122 valence electrons. The number of amides is 1. The number of carbonyl (C=O) groups excluding carboxylic acids is 1. The first kappa shape index (κ1) is 16.2. The monoisotopic (exact) mass is 324 g/mol. The fourth-order valence-corrected chi connectivity index (χ4v) is 3.09. The third-order valence-corrected chi connectivity index (χ3v) is 4.27. The summed E-state index contributed by atoms with van der Waals surface area (Å²) in [7, 11) is 0. The van der Waals surface area contributed by atoms with Gasteiger partial charge in [-0.1, -0.05) is 24.3 Å². The van der Waals surface area contributed by atoms with Crippen LogP contribution in [0.5, 0.6) is 0 Å². The molecule has 1 amide bonds. The molecule has 2 aromatic carbocycles. The van der Waals surface area contributed by atoms with Crippen LogP contribution in [0, 0.1) is 17.1 Å². The molecule has 5 heteroatoms. The smallest absolute Gasteiger partial charge is 0.227 e. The van der Waals surface area contributed by atoms with Crippen molar-refractivity contribution >= 4 is 5.91 Å². The number of likely N-dealkylation sites (tertiary alicyclic amines) is 1. The van der Waals surface area contributed by atoms with E-state index in [0.717, 1.165) is 5.56 Å². The molecule has 2 aromatic rings. The van der Waals surface area contributed by atoms with E-state index in [4.69, 9.17) is 5.26 Å². The van der Waals surface area contributed by atoms with E-state index in [1.807, 2.05) is 6.07 Å². The van der Waals surface area contributed by atoms with Gasteiger partial charge < -0.3 is 10.0 Å². The Bertz CT molecular complexity index is 783. The number of nitrogens with zero attached hydrogens (tertiary/aromatic N) is 2. The van der Waals surface area contributed by atoms with Gasteiger partial charge in [0.25, 0.3) is 0 Å². The molecule has 1 aliphatic heterocycles. The van der Waals surface area contributed by atoms with Crippen LogP contribution in [0.1, 0.15) is 29.2 Å². The molecule has 3 rings (SSSR count). The lowest BCUT2D eigenvalue weighted by molar-refractivity contribution is -0.131. The topological polar surface area (TPSA) is 64.3 Å². The second kappa shape index (κ2) is 6.81. The van der Waals surface area contributed by atoms with Crippen LogP contribution in [0.3, 0.4) is 0 Å². The second-order valence-corrected chi connectivity index (χ2v) is 5.99. The third kappa shape index (κ3) is 3.44. The molecule has 2 atom stereocenters. The van der Waals surface area contributed by atoms with Gasteiger partial charge in [-0.15, -0.1) is 0 Å². The molecule has 0 aromatic heterocycles. The minimum Gasteiger partial charge on any atom is -0.391 e. The SMILES string of the molecule is N#Cc1ccc(CC(=O)N2C[C@H](O)C[C@@H]2c2cccc(F)c2)cc1. The van der Waals surface area contributed by atoms with Crippen molar-refractivity contribution in [2.45, 2.75) is 25.0 Å². The maximum Gasteiger partial charge on any atom is 0.227 e. The van der Waals surface area contributed by atoms with Gasteiger partial charge in [0.2, 0.25) is 5.91 Å². The number of carbonyl (C=O) groups is 1. The van der Waals surface area contributed by atoms with Gasteiger partial charge in [-0.3, -0.25) is 4.79 Å². The minimum absolute atomic E-state index is 0.120. The largest absolute Gasteiger partial charge is 0.391 e. The molecule has 24 heavy (non-hydrogen) atoms. The number of hydrogen-bond donors (Lipinski definition) is 1. The fourth-order valence-electron chi connectivity index (χ4n) is 3.09. The van der Waals surface area contributed by atoms with Gasteiger partial charge in [-0.05, 0) is 41.8 Å². The molecule has 0 spiro atoms. The zero-order chi connectivity index (χ0) is 17.1. The van der Waals surface area contributed by atoms with Crippen LogP contribution in [0.25, 0.3) is 0 Å². The third-order valence-electron chi connectivity index (χ3n) is 4.27. The number of rotatable bonds is 3. The summed E-state index contributed by atoms with van der Waals surface area (Å²) in [5.74, 6) is -0.473. The van der Waals surface area contributed by atoms with Crippen LogP contribution in [-0.4, -0.2) is 28.6 Å². The molecule has 1 N–H and O–H groups in total. The molecule has 1 heterocycles. The van der Waals surface area contributed by atoms with Crippen LogP contribution in [0.2, 0.25) is 0 Å². The van der Waals surface area contributed by atoms with Crippen molar-refractivity contribution in [1.29, 1.82) is 5.26 Å². The van der Waals surface area contributed by atoms with Gasteiger partial charge in [0.05, 0.1) is 30.2 Å². The summed E-state index contributed by atoms with van der Waals surface area (Å²) in [6, 6.07) is 14.7. The lowest BCUT2D eigenvalue weighted by atomic mass is 10.0. The average Bonchev–Trinajstić information content (AvgIpc) is 2.98. The Labute approximate surface area is 139 Å². The molecule has 1 saturated heterocycles. The van der Waals surface area contributed by atoms with Crippen molar-refractivity contribution < 1.29 is 14.3 Å². The van der Waals surface area contributed by atoms with Crippen LogP contribution in [0.4, 0.5) is 4.39 Å². The Hall–Kier alpha value is -2.71. The summed E-state index contributed by atoms with van der Waals surface area (Å²) in [6.07, 6.45) is -0.0181. The number of β-amino-alcohol motifs (C(OH)–C–C–N with tert-alkyl or cyclic N) is 1. The Morgan fingerprint density at radius 3 is 2.71 bits per heavy atom. The number of hydrogen-bond acceptors (Lipinski definition) is 3. The highest BCUT2D eigenvalue weighted by Crippen LogP contribution is 2.33. The Balaban J connectivity index is 1.77. The van der Waals surface area contributed by atoms with Gasteiger partial charge in [0.1, 0.15) is 5.82 Å². The number of halogens is 1. The van der Waals surface area contributed by atoms with Crippen LogP contribution in [0.15, 0.2) is 48.5 Å². The number of nitriles is 1. The fraction of sp³-hybridized carbons (Fsp3) is 0.263. The summed E-state index contributed by atoms with van der Waals surface area (Å²) >= 11 is 0. The zero-order valence-electron chi connectivity index (χ0n) is 13.0. The van der Waals surface area contributed by atoms with Crippen LogP contribution in [-0.2, 0) is 11.2 Å². The van der Waals surface area contributed by atoms with E-state index in [-0.39, 0.29) is 30.7 Å². The molecule has 0 saturated carbocycles. The molecule has 4 nitrogen and oxygen atoms in total. The van der Waals surface area contributed by atoms with Crippen molar-refractivity contribution in [3.63, 3.8) is 0 Å². The lowest BCUT2D eigenvalue weighted by Crippen LogP contribution is -2.33. The second-order valence-electron chi connectivity index (χ2n) is 5.99. The first-order valence-corrected chi connectivity index (χ1v) is 7.79. The molecule has 0 unspecified atom stereocenters. The van der Waals surface area contributed by atoms with E-state index >= 15 is 0 Å². The van der Waals surface area contributed by atoms with Gasteiger partial charge >= 0.3 is 0 Å². The molecule has 0 bridgehead atoms. The quantitative estimate of drug-likeness (QED) is 0.944. The van der Waals surface area contributed by atoms with E-state index in [1.165, 1.54) is 12.1 Å².